The van der Waals surface area contributed by atoms with Crippen LogP contribution in [-0.4, -0.2) is 17.0 Å². The van der Waals surface area contributed by atoms with Crippen LogP contribution in [0, 0.1) is 18.6 Å². The molecule has 0 saturated carbocycles. The first kappa shape index (κ1) is 16.7. The van der Waals surface area contributed by atoms with Crippen molar-refractivity contribution < 1.29 is 27.9 Å². The molecule has 1 heterocycles. The van der Waals surface area contributed by atoms with Crippen molar-refractivity contribution in [1.29, 1.82) is 0 Å². The number of carbonyl (C=O) groups is 2. The van der Waals surface area contributed by atoms with Gasteiger partial charge in [-0.25, -0.2) is 8.78 Å². The van der Waals surface area contributed by atoms with E-state index < -0.39 is 36.0 Å². The van der Waals surface area contributed by atoms with Crippen molar-refractivity contribution in [2.75, 3.05) is 0 Å². The van der Waals surface area contributed by atoms with Gasteiger partial charge in [-0.15, -0.1) is 0 Å². The summed E-state index contributed by atoms with van der Waals surface area (Å²) in [4.78, 5) is 23.1. The van der Waals surface area contributed by atoms with E-state index in [0.29, 0.717) is 5.56 Å². The van der Waals surface area contributed by atoms with Gasteiger partial charge in [0.05, 0.1) is 17.9 Å². The number of carboxylic acid groups (broad SMARTS) is 1. The Bertz CT molecular complexity index is 755. The van der Waals surface area contributed by atoms with Crippen molar-refractivity contribution >= 4 is 11.9 Å². The maximum absolute atomic E-state index is 13.7. The van der Waals surface area contributed by atoms with E-state index in [9.17, 15) is 18.4 Å². The minimum absolute atomic E-state index is 0.0271. The Hall–Kier alpha value is -2.70. The van der Waals surface area contributed by atoms with E-state index in [2.05, 4.69) is 5.32 Å². The second kappa shape index (κ2) is 6.60. The van der Waals surface area contributed by atoms with Crippen LogP contribution in [0.2, 0.25) is 0 Å². The minimum atomic E-state index is -1.13. The number of aryl methyl sites for hydroxylation is 1. The molecule has 1 aromatic carbocycles. The van der Waals surface area contributed by atoms with Crippen LogP contribution in [-0.2, 0) is 11.2 Å². The van der Waals surface area contributed by atoms with Crippen molar-refractivity contribution in [3.63, 3.8) is 0 Å². The number of carbonyl (C=O) groups excluding carboxylic acids is 1. The Morgan fingerprint density at radius 2 is 2.04 bits per heavy atom. The van der Waals surface area contributed by atoms with Crippen LogP contribution in [0.25, 0.3) is 0 Å². The summed E-state index contributed by atoms with van der Waals surface area (Å²) in [5.74, 6) is -3.17. The topological polar surface area (TPSA) is 79.5 Å². The van der Waals surface area contributed by atoms with Gasteiger partial charge in [0, 0.05) is 17.2 Å². The van der Waals surface area contributed by atoms with Gasteiger partial charge in [0.2, 0.25) is 0 Å². The molecule has 1 amide bonds. The zero-order chi connectivity index (χ0) is 17.1. The first-order chi connectivity index (χ1) is 10.8. The lowest BCUT2D eigenvalue weighted by atomic mass is 10.1. The molecular formula is C16H15F2NO4. The molecule has 23 heavy (non-hydrogen) atoms. The highest BCUT2D eigenvalue weighted by Crippen LogP contribution is 2.21. The number of aliphatic carboxylic acids is 1. The summed E-state index contributed by atoms with van der Waals surface area (Å²) < 4.78 is 31.8. The van der Waals surface area contributed by atoms with Gasteiger partial charge in [-0.05, 0) is 19.9 Å². The van der Waals surface area contributed by atoms with Crippen molar-refractivity contribution in [3.8, 4) is 0 Å². The number of hydrogen-bond donors (Lipinski definition) is 2. The third-order valence-corrected chi connectivity index (χ3v) is 3.37. The predicted molar refractivity (Wildman–Crippen MR) is 77.0 cm³/mol. The Balaban J connectivity index is 2.22. The largest absolute Gasteiger partial charge is 0.481 e. The lowest BCUT2D eigenvalue weighted by molar-refractivity contribution is -0.136. The number of rotatable bonds is 5. The van der Waals surface area contributed by atoms with E-state index in [4.69, 9.17) is 9.52 Å². The second-order valence-electron chi connectivity index (χ2n) is 5.15. The van der Waals surface area contributed by atoms with Crippen molar-refractivity contribution in [1.82, 2.24) is 5.32 Å². The highest BCUT2D eigenvalue weighted by Gasteiger charge is 2.23. The van der Waals surface area contributed by atoms with E-state index in [1.54, 1.807) is 13.8 Å². The molecule has 0 aliphatic rings. The lowest BCUT2D eigenvalue weighted by Crippen LogP contribution is -2.28. The van der Waals surface area contributed by atoms with Gasteiger partial charge in [-0.3, -0.25) is 9.59 Å². The van der Waals surface area contributed by atoms with Gasteiger partial charge in [-0.2, -0.15) is 0 Å². The fraction of sp³-hybridized carbons (Fsp3) is 0.250. The molecule has 2 N–H and O–H groups in total. The smallest absolute Gasteiger partial charge is 0.311 e. The summed E-state index contributed by atoms with van der Waals surface area (Å²) in [6.45, 7) is 3.15. The molecule has 0 radical (unpaired) electrons. The van der Waals surface area contributed by atoms with Gasteiger partial charge in [0.25, 0.3) is 5.91 Å². The van der Waals surface area contributed by atoms with Crippen molar-refractivity contribution in [2.24, 2.45) is 0 Å². The van der Waals surface area contributed by atoms with Gasteiger partial charge in [0.15, 0.2) is 0 Å². The molecule has 0 aliphatic carbocycles. The standard InChI is InChI=1S/C16H15F2NO4/c1-8-7-23-13(6-14(20)21)15(8)16(22)19-9(2)11-4-3-10(17)5-12(11)18/h3-5,7,9H,6H2,1-2H3,(H,19,22)(H,20,21). The van der Waals surface area contributed by atoms with Gasteiger partial charge in [-0.1, -0.05) is 6.07 Å². The van der Waals surface area contributed by atoms with E-state index in [0.717, 1.165) is 12.1 Å². The lowest BCUT2D eigenvalue weighted by Gasteiger charge is -2.15. The SMILES string of the molecule is Cc1coc(CC(=O)O)c1C(=O)NC(C)c1ccc(F)cc1F. The molecular weight excluding hydrogens is 308 g/mol. The number of nitrogens with one attached hydrogen (secondary N) is 1. The third kappa shape index (κ3) is 3.74. The summed E-state index contributed by atoms with van der Waals surface area (Å²) >= 11 is 0. The molecule has 5 nitrogen and oxygen atoms in total. The van der Waals surface area contributed by atoms with Crippen LogP contribution in [0.3, 0.4) is 0 Å². The van der Waals surface area contributed by atoms with E-state index >= 15 is 0 Å². The number of carboxylic acids is 1. The van der Waals surface area contributed by atoms with E-state index in [-0.39, 0.29) is 16.9 Å². The monoisotopic (exact) mass is 323 g/mol. The Labute approximate surface area is 130 Å². The minimum Gasteiger partial charge on any atom is -0.481 e. The number of furan rings is 1. The van der Waals surface area contributed by atoms with Gasteiger partial charge < -0.3 is 14.8 Å². The van der Waals surface area contributed by atoms with Crippen LogP contribution >= 0.6 is 0 Å². The fourth-order valence-electron chi connectivity index (χ4n) is 2.27. The summed E-state index contributed by atoms with van der Waals surface area (Å²) in [6.07, 6.45) is 0.853. The van der Waals surface area contributed by atoms with Gasteiger partial charge >= 0.3 is 5.97 Å². The molecule has 1 atom stereocenters. The van der Waals surface area contributed by atoms with Crippen LogP contribution in [0.5, 0.6) is 0 Å². The molecule has 0 aliphatic heterocycles. The van der Waals surface area contributed by atoms with Crippen LogP contribution < -0.4 is 5.32 Å². The van der Waals surface area contributed by atoms with Crippen LogP contribution in [0.1, 0.15) is 40.2 Å². The number of halogens is 2. The zero-order valence-corrected chi connectivity index (χ0v) is 12.5. The molecule has 0 fully saturated rings. The number of benzene rings is 1. The Morgan fingerprint density at radius 3 is 2.65 bits per heavy atom. The average Bonchev–Trinajstić information content (AvgIpc) is 2.78. The molecule has 2 aromatic rings. The fourth-order valence-corrected chi connectivity index (χ4v) is 2.27. The quantitative estimate of drug-likeness (QED) is 0.886. The first-order valence-electron chi connectivity index (χ1n) is 6.84. The summed E-state index contributed by atoms with van der Waals surface area (Å²) in [6, 6.07) is 2.35. The summed E-state index contributed by atoms with van der Waals surface area (Å²) in [7, 11) is 0. The van der Waals surface area contributed by atoms with E-state index in [1.165, 1.54) is 12.3 Å². The third-order valence-electron chi connectivity index (χ3n) is 3.37. The number of amides is 1. The zero-order valence-electron chi connectivity index (χ0n) is 12.5. The Morgan fingerprint density at radius 1 is 1.35 bits per heavy atom. The highest BCUT2D eigenvalue weighted by atomic mass is 19.1. The molecule has 1 aromatic heterocycles. The molecule has 7 heteroatoms. The van der Waals surface area contributed by atoms with Gasteiger partial charge in [0.1, 0.15) is 23.8 Å². The maximum Gasteiger partial charge on any atom is 0.311 e. The normalized spacial score (nSPS) is 12.0. The molecule has 122 valence electrons. The second-order valence-corrected chi connectivity index (χ2v) is 5.15. The van der Waals surface area contributed by atoms with E-state index in [1.807, 2.05) is 0 Å². The Kier molecular flexibility index (Phi) is 4.78. The number of hydrogen-bond acceptors (Lipinski definition) is 3. The molecule has 1 unspecified atom stereocenters. The molecule has 2 rings (SSSR count). The van der Waals surface area contributed by atoms with Crippen LogP contribution in [0.4, 0.5) is 8.78 Å². The highest BCUT2D eigenvalue weighted by molar-refractivity contribution is 5.97. The van der Waals surface area contributed by atoms with Crippen LogP contribution in [0.15, 0.2) is 28.9 Å². The molecule has 0 spiro atoms. The summed E-state index contributed by atoms with van der Waals surface area (Å²) in [5.41, 5.74) is 0.716. The average molecular weight is 323 g/mol. The van der Waals surface area contributed by atoms with Crippen molar-refractivity contribution in [3.05, 3.63) is 58.5 Å². The molecule has 0 saturated heterocycles. The molecule has 0 bridgehead atoms. The van der Waals surface area contributed by atoms with Crippen molar-refractivity contribution in [2.45, 2.75) is 26.3 Å². The maximum atomic E-state index is 13.7. The first-order valence-corrected chi connectivity index (χ1v) is 6.84. The predicted octanol–water partition coefficient (Wildman–Crippen LogP) is 2.98. The summed E-state index contributed by atoms with van der Waals surface area (Å²) in [5, 5.41) is 11.4.